The molecule has 0 radical (unpaired) electrons. The molecule has 5 N–H and O–H groups in total. The third-order valence-electron chi connectivity index (χ3n) is 6.57. The van der Waals surface area contributed by atoms with Crippen LogP contribution in [0.2, 0.25) is 0 Å². The molecule has 11 heteroatoms. The minimum absolute atomic E-state index is 0.0220. The van der Waals surface area contributed by atoms with E-state index < -0.39 is 24.0 Å². The van der Waals surface area contributed by atoms with E-state index >= 15 is 0 Å². The lowest BCUT2D eigenvalue weighted by Gasteiger charge is -2.25. The fourth-order valence-electron chi connectivity index (χ4n) is 4.38. The molecule has 2 aromatic heterocycles. The molecule has 1 aromatic carbocycles. The summed E-state index contributed by atoms with van der Waals surface area (Å²) in [5.41, 5.74) is 1.47. The van der Waals surface area contributed by atoms with E-state index in [4.69, 9.17) is 0 Å². The minimum Gasteiger partial charge on any atom is -0.357 e. The maximum absolute atomic E-state index is 13.4. The van der Waals surface area contributed by atoms with Gasteiger partial charge in [0.1, 0.15) is 28.5 Å². The van der Waals surface area contributed by atoms with Crippen LogP contribution in [0.3, 0.4) is 0 Å². The van der Waals surface area contributed by atoms with E-state index in [2.05, 4.69) is 31.2 Å². The zero-order chi connectivity index (χ0) is 27.8. The normalized spacial score (nSPS) is 21.1. The van der Waals surface area contributed by atoms with Crippen molar-refractivity contribution in [2.75, 3.05) is 6.54 Å². The van der Waals surface area contributed by atoms with Crippen LogP contribution in [0.1, 0.15) is 70.7 Å². The summed E-state index contributed by atoms with van der Waals surface area (Å²) in [6.45, 7) is 4.28. The largest absolute Gasteiger partial charge is 0.357 e. The number of benzene rings is 1. The van der Waals surface area contributed by atoms with Crippen LogP contribution in [-0.4, -0.2) is 52.2 Å². The van der Waals surface area contributed by atoms with Gasteiger partial charge in [0.2, 0.25) is 11.8 Å². The Hall–Kier alpha value is -3.99. The summed E-state index contributed by atoms with van der Waals surface area (Å²) < 4.78 is 0. The van der Waals surface area contributed by atoms with Gasteiger partial charge in [-0.25, -0.2) is 4.98 Å². The number of aromatic nitrogens is 2. The highest BCUT2D eigenvalue weighted by Crippen LogP contribution is 2.26. The Morgan fingerprint density at radius 3 is 2.56 bits per heavy atom. The van der Waals surface area contributed by atoms with Crippen molar-refractivity contribution in [2.45, 2.75) is 57.7 Å². The van der Waals surface area contributed by atoms with E-state index in [1.807, 2.05) is 44.2 Å². The van der Waals surface area contributed by atoms with Gasteiger partial charge >= 0.3 is 0 Å². The van der Waals surface area contributed by atoms with Crippen LogP contribution in [0.15, 0.2) is 54.0 Å². The summed E-state index contributed by atoms with van der Waals surface area (Å²) >= 11 is 1.27. The molecule has 1 aliphatic heterocycles. The number of fused-ring (bicyclic) bond motifs is 2. The van der Waals surface area contributed by atoms with Crippen molar-refractivity contribution in [1.29, 1.82) is 0 Å². The first-order chi connectivity index (χ1) is 18.8. The summed E-state index contributed by atoms with van der Waals surface area (Å²) in [5, 5.41) is 13.8. The summed E-state index contributed by atoms with van der Waals surface area (Å²) in [5.74, 6) is -1.46. The molecule has 3 atom stereocenters. The van der Waals surface area contributed by atoms with Crippen LogP contribution in [0, 0.1) is 5.92 Å². The number of nitrogens with zero attached hydrogens (tertiary/aromatic N) is 1. The van der Waals surface area contributed by atoms with Gasteiger partial charge in [-0.1, -0.05) is 44.2 Å². The lowest BCUT2D eigenvalue weighted by Crippen LogP contribution is -2.49. The number of aromatic amines is 1. The van der Waals surface area contributed by atoms with E-state index in [9.17, 15) is 19.2 Å². The highest BCUT2D eigenvalue weighted by atomic mass is 32.1. The first-order valence-electron chi connectivity index (χ1n) is 13.1. The molecule has 2 bridgehead atoms. The highest BCUT2D eigenvalue weighted by Gasteiger charge is 2.29. The fourth-order valence-corrected chi connectivity index (χ4v) is 5.40. The number of nitrogens with one attached hydrogen (secondary N) is 5. The Morgan fingerprint density at radius 1 is 1.05 bits per heavy atom. The van der Waals surface area contributed by atoms with E-state index in [-0.39, 0.29) is 29.3 Å². The van der Waals surface area contributed by atoms with Crippen LogP contribution in [0.25, 0.3) is 0 Å². The quantitative estimate of drug-likeness (QED) is 0.332. The Balaban J connectivity index is 1.57. The maximum atomic E-state index is 13.4. The molecular weight excluding hydrogens is 516 g/mol. The topological polar surface area (TPSA) is 145 Å². The van der Waals surface area contributed by atoms with Gasteiger partial charge in [0.05, 0.1) is 6.04 Å². The van der Waals surface area contributed by atoms with Gasteiger partial charge in [0.25, 0.3) is 11.8 Å². The Kier molecular flexibility index (Phi) is 9.48. The van der Waals surface area contributed by atoms with Gasteiger partial charge in [-0.05, 0) is 42.9 Å². The Bertz CT molecular complexity index is 1270. The van der Waals surface area contributed by atoms with Crippen molar-refractivity contribution in [3.05, 3.63) is 76.0 Å². The number of carbonyl (C=O) groups excluding carboxylic acids is 4. The van der Waals surface area contributed by atoms with Crippen molar-refractivity contribution in [3.8, 4) is 0 Å². The molecule has 39 heavy (non-hydrogen) atoms. The number of thiazole rings is 1. The molecule has 4 rings (SSSR count). The van der Waals surface area contributed by atoms with E-state index in [0.29, 0.717) is 42.9 Å². The van der Waals surface area contributed by atoms with Crippen LogP contribution in [0.4, 0.5) is 0 Å². The lowest BCUT2D eigenvalue weighted by atomic mass is 10.0. The first-order valence-corrected chi connectivity index (χ1v) is 14.0. The Morgan fingerprint density at radius 2 is 1.85 bits per heavy atom. The molecule has 3 aromatic rings. The highest BCUT2D eigenvalue weighted by molar-refractivity contribution is 7.09. The lowest BCUT2D eigenvalue weighted by molar-refractivity contribution is -0.124. The smallest absolute Gasteiger partial charge is 0.271 e. The second-order valence-electron chi connectivity index (χ2n) is 9.91. The van der Waals surface area contributed by atoms with Crippen LogP contribution in [0.5, 0.6) is 0 Å². The van der Waals surface area contributed by atoms with E-state index in [0.717, 1.165) is 5.56 Å². The minimum atomic E-state index is -0.779. The van der Waals surface area contributed by atoms with E-state index in [1.54, 1.807) is 23.7 Å². The standard InChI is InChI=1S/C28H34N6O4S/c1-17(2)23-28-33-22(16-39-28)27(38)32-21(15-18-9-4-3-5-10-18)24(35)30-13-7-6-11-20(26(37)34-23)31-25(36)19-12-8-14-29-19/h3-5,8-10,12,14,16-17,20-21,23,29H,6-7,11,13,15H2,1-2H3,(H,30,35)(H,31,36)(H,32,38)(H,34,37)/t20-,21+,23+/m0/s1. The second kappa shape index (κ2) is 13.2. The molecule has 0 spiro atoms. The van der Waals surface area contributed by atoms with Crippen LogP contribution >= 0.6 is 11.3 Å². The summed E-state index contributed by atoms with van der Waals surface area (Å²) in [6.07, 6.45) is 3.57. The van der Waals surface area contributed by atoms with Gasteiger partial charge in [0.15, 0.2) is 0 Å². The molecule has 0 unspecified atom stereocenters. The monoisotopic (exact) mass is 550 g/mol. The predicted octanol–water partition coefficient (Wildman–Crippen LogP) is 2.72. The fraction of sp³-hybridized carbons (Fsp3) is 0.393. The molecule has 1 aliphatic rings. The number of H-pyrrole nitrogens is 1. The SMILES string of the molecule is CC(C)[C@H]1NC(=O)[C@@H](NC(=O)c2ccc[nH]2)CCCCNC(=O)[C@@H](Cc2ccccc2)NC(=O)c2csc1n2. The van der Waals surface area contributed by atoms with Gasteiger partial charge < -0.3 is 26.3 Å². The number of carbonyl (C=O) groups is 4. The van der Waals surface area contributed by atoms with Crippen molar-refractivity contribution >= 4 is 35.0 Å². The number of hydrogen-bond donors (Lipinski definition) is 5. The zero-order valence-corrected chi connectivity index (χ0v) is 22.8. The Labute approximate surface area is 231 Å². The van der Waals surface area contributed by atoms with E-state index in [1.165, 1.54) is 11.3 Å². The zero-order valence-electron chi connectivity index (χ0n) is 22.0. The number of rotatable bonds is 5. The average molecular weight is 551 g/mol. The molecule has 0 fully saturated rings. The molecule has 0 saturated carbocycles. The number of hydrogen-bond acceptors (Lipinski definition) is 6. The number of amides is 4. The molecule has 4 amide bonds. The molecule has 0 aliphatic carbocycles. The average Bonchev–Trinajstić information content (AvgIpc) is 3.63. The van der Waals surface area contributed by atoms with Gasteiger partial charge in [-0.15, -0.1) is 11.3 Å². The van der Waals surface area contributed by atoms with Gasteiger partial charge in [-0.3, -0.25) is 19.2 Å². The summed E-state index contributed by atoms with van der Waals surface area (Å²) in [6, 6.07) is 10.9. The maximum Gasteiger partial charge on any atom is 0.271 e. The van der Waals surface area contributed by atoms with Gasteiger partial charge in [0, 0.05) is 24.5 Å². The summed E-state index contributed by atoms with van der Waals surface area (Å²) in [4.78, 5) is 59.7. The van der Waals surface area contributed by atoms with Crippen molar-refractivity contribution in [3.63, 3.8) is 0 Å². The van der Waals surface area contributed by atoms with Gasteiger partial charge in [-0.2, -0.15) is 0 Å². The van der Waals surface area contributed by atoms with Crippen LogP contribution < -0.4 is 21.3 Å². The third-order valence-corrected chi connectivity index (χ3v) is 7.50. The molecule has 0 saturated heterocycles. The molecular formula is C28H34N6O4S. The van der Waals surface area contributed by atoms with Crippen molar-refractivity contribution < 1.29 is 19.2 Å². The summed E-state index contributed by atoms with van der Waals surface area (Å²) in [7, 11) is 0. The third kappa shape index (κ3) is 7.53. The predicted molar refractivity (Wildman–Crippen MR) is 148 cm³/mol. The van der Waals surface area contributed by atoms with Crippen molar-refractivity contribution in [1.82, 2.24) is 31.2 Å². The second-order valence-corrected chi connectivity index (χ2v) is 10.8. The molecule has 3 heterocycles. The van der Waals surface area contributed by atoms with Crippen molar-refractivity contribution in [2.24, 2.45) is 5.92 Å². The molecule has 206 valence electrons. The first kappa shape index (κ1) is 28.0. The molecule has 10 nitrogen and oxygen atoms in total. The van der Waals surface area contributed by atoms with Crippen LogP contribution in [-0.2, 0) is 16.0 Å².